The van der Waals surface area contributed by atoms with Gasteiger partial charge in [-0.1, -0.05) is 54.9 Å². The minimum Gasteiger partial charge on any atom is -0.326 e. The molecule has 4 amide bonds. The fraction of sp³-hybridized carbons (Fsp3) is 0.267. The number of hydrogen-bond donors (Lipinski definition) is 2. The molecule has 6 rings (SSSR count). The third-order valence-electron chi connectivity index (χ3n) is 8.04. The van der Waals surface area contributed by atoms with E-state index in [4.69, 9.17) is 11.6 Å². The van der Waals surface area contributed by atoms with Gasteiger partial charge in [-0.05, 0) is 48.4 Å². The number of carbonyl (C=O) groups excluding carboxylic acids is 4. The lowest BCUT2D eigenvalue weighted by Gasteiger charge is -2.30. The molecule has 0 unspecified atom stereocenters. The normalized spacial score (nSPS) is 25.4. The van der Waals surface area contributed by atoms with E-state index in [0.29, 0.717) is 34.1 Å². The predicted molar refractivity (Wildman–Crippen MR) is 148 cm³/mol. The zero-order valence-electron chi connectivity index (χ0n) is 21.5. The molecule has 2 N–H and O–H groups in total. The molecule has 4 atom stereocenters. The average molecular weight is 543 g/mol. The van der Waals surface area contributed by atoms with Gasteiger partial charge in [0.1, 0.15) is 5.54 Å². The van der Waals surface area contributed by atoms with E-state index in [-0.39, 0.29) is 30.3 Å². The number of rotatable bonds is 5. The molecule has 1 spiro atoms. The summed E-state index contributed by atoms with van der Waals surface area (Å²) >= 11 is 6.45. The Kier molecular flexibility index (Phi) is 6.04. The summed E-state index contributed by atoms with van der Waals surface area (Å²) in [5.41, 5.74) is 1.77. The Labute approximate surface area is 230 Å². The molecular weight excluding hydrogens is 516 g/mol. The largest absolute Gasteiger partial charge is 0.326 e. The number of anilines is 3. The first-order valence-corrected chi connectivity index (χ1v) is 13.3. The molecule has 3 aliphatic rings. The number of fused-ring (bicyclic) bond motifs is 4. The van der Waals surface area contributed by atoms with Crippen LogP contribution in [0, 0.1) is 11.8 Å². The molecule has 39 heavy (non-hydrogen) atoms. The van der Waals surface area contributed by atoms with Crippen molar-refractivity contribution in [2.75, 3.05) is 15.1 Å². The second-order valence-corrected chi connectivity index (χ2v) is 10.6. The Morgan fingerprint density at radius 3 is 2.36 bits per heavy atom. The number of hydrogen-bond acceptors (Lipinski definition) is 5. The van der Waals surface area contributed by atoms with Crippen LogP contribution >= 0.6 is 11.6 Å². The molecule has 2 fully saturated rings. The first-order chi connectivity index (χ1) is 18.8. The van der Waals surface area contributed by atoms with Crippen LogP contribution < -0.4 is 20.4 Å². The van der Waals surface area contributed by atoms with Crippen LogP contribution in [0.1, 0.15) is 31.4 Å². The van der Waals surface area contributed by atoms with Crippen molar-refractivity contribution in [3.05, 3.63) is 88.9 Å². The third kappa shape index (κ3) is 3.70. The Morgan fingerprint density at radius 2 is 1.67 bits per heavy atom. The lowest BCUT2D eigenvalue weighted by Crippen LogP contribution is -2.55. The SMILES string of the molecule is CC[C@H]1N[C@]2(C(=O)N(Cc3ccccc3Cl)c3ccccc32)[C@@H]2C(=O)N(c3ccc(NC(C)=O)cc3)C(=O)[C@H]21. The number of nitrogens with one attached hydrogen (secondary N) is 2. The van der Waals surface area contributed by atoms with Crippen molar-refractivity contribution >= 4 is 52.3 Å². The van der Waals surface area contributed by atoms with E-state index in [1.807, 2.05) is 49.4 Å². The Hall–Kier alpha value is -4.01. The standard InChI is InChI=1S/C30H27ClN4O4/c1-3-23-25-26(28(38)35(27(25)37)20-14-12-19(13-15-20)32-17(2)36)30(33-23)21-9-5-7-11-24(21)34(29(30)39)16-18-8-4-6-10-22(18)31/h4-15,23,25-26,33H,3,16H2,1-2H3,(H,32,36)/t23-,25+,26+,30+/m1/s1. The lowest BCUT2D eigenvalue weighted by molar-refractivity contribution is -0.132. The van der Waals surface area contributed by atoms with Crippen LogP contribution in [-0.2, 0) is 31.3 Å². The second kappa shape index (κ2) is 9.32. The number of imide groups is 1. The maximum Gasteiger partial charge on any atom is 0.253 e. The van der Waals surface area contributed by atoms with Crippen LogP contribution in [0.25, 0.3) is 0 Å². The molecule has 0 saturated carbocycles. The van der Waals surface area contributed by atoms with Gasteiger partial charge in [0.2, 0.25) is 17.7 Å². The first-order valence-electron chi connectivity index (χ1n) is 13.0. The zero-order valence-corrected chi connectivity index (χ0v) is 22.2. The van der Waals surface area contributed by atoms with Crippen LogP contribution in [0.3, 0.4) is 0 Å². The van der Waals surface area contributed by atoms with Gasteiger partial charge in [-0.3, -0.25) is 24.5 Å². The van der Waals surface area contributed by atoms with Gasteiger partial charge in [0.15, 0.2) is 0 Å². The predicted octanol–water partition coefficient (Wildman–Crippen LogP) is 4.23. The molecule has 8 nitrogen and oxygen atoms in total. The summed E-state index contributed by atoms with van der Waals surface area (Å²) in [6, 6.07) is 21.0. The van der Waals surface area contributed by atoms with Crippen molar-refractivity contribution in [2.45, 2.75) is 38.4 Å². The molecule has 0 radical (unpaired) electrons. The van der Waals surface area contributed by atoms with E-state index in [9.17, 15) is 19.2 Å². The van der Waals surface area contributed by atoms with E-state index < -0.39 is 23.3 Å². The van der Waals surface area contributed by atoms with Gasteiger partial charge in [-0.2, -0.15) is 0 Å². The second-order valence-electron chi connectivity index (χ2n) is 10.2. The monoisotopic (exact) mass is 542 g/mol. The summed E-state index contributed by atoms with van der Waals surface area (Å²) in [6.07, 6.45) is 0.567. The summed E-state index contributed by atoms with van der Waals surface area (Å²) in [7, 11) is 0. The summed E-state index contributed by atoms with van der Waals surface area (Å²) in [5, 5.41) is 6.72. The van der Waals surface area contributed by atoms with Gasteiger partial charge in [0, 0.05) is 34.9 Å². The fourth-order valence-corrected chi connectivity index (χ4v) is 6.60. The van der Waals surface area contributed by atoms with Crippen LogP contribution in [0.4, 0.5) is 17.1 Å². The van der Waals surface area contributed by atoms with Gasteiger partial charge in [0.25, 0.3) is 5.91 Å². The number of halogens is 1. The molecule has 3 aliphatic heterocycles. The van der Waals surface area contributed by atoms with Crippen molar-refractivity contribution in [3.63, 3.8) is 0 Å². The van der Waals surface area contributed by atoms with E-state index in [1.165, 1.54) is 11.8 Å². The van der Waals surface area contributed by atoms with E-state index >= 15 is 0 Å². The maximum atomic E-state index is 14.4. The highest BCUT2D eigenvalue weighted by molar-refractivity contribution is 6.31. The van der Waals surface area contributed by atoms with E-state index in [1.54, 1.807) is 35.2 Å². The van der Waals surface area contributed by atoms with Gasteiger partial charge in [0.05, 0.1) is 24.1 Å². The molecule has 9 heteroatoms. The Bertz CT molecular complexity index is 1520. The number of nitrogens with zero attached hydrogens (tertiary/aromatic N) is 2. The van der Waals surface area contributed by atoms with Crippen molar-refractivity contribution < 1.29 is 19.2 Å². The van der Waals surface area contributed by atoms with Gasteiger partial charge < -0.3 is 10.2 Å². The van der Waals surface area contributed by atoms with E-state index in [2.05, 4.69) is 10.6 Å². The van der Waals surface area contributed by atoms with Crippen LogP contribution in [-0.4, -0.2) is 29.7 Å². The molecular formula is C30H27ClN4O4. The first kappa shape index (κ1) is 25.3. The topological polar surface area (TPSA) is 98.8 Å². The van der Waals surface area contributed by atoms with Crippen molar-refractivity contribution in [2.24, 2.45) is 11.8 Å². The van der Waals surface area contributed by atoms with Crippen LogP contribution in [0.15, 0.2) is 72.8 Å². The Balaban J connectivity index is 1.43. The smallest absolute Gasteiger partial charge is 0.253 e. The average Bonchev–Trinajstić information content (AvgIpc) is 3.49. The van der Waals surface area contributed by atoms with Crippen LogP contribution in [0.2, 0.25) is 5.02 Å². The summed E-state index contributed by atoms with van der Waals surface area (Å²) in [6.45, 7) is 3.60. The van der Waals surface area contributed by atoms with Crippen molar-refractivity contribution in [1.82, 2.24) is 5.32 Å². The lowest BCUT2D eigenvalue weighted by atomic mass is 9.76. The van der Waals surface area contributed by atoms with Crippen LogP contribution in [0.5, 0.6) is 0 Å². The fourth-order valence-electron chi connectivity index (χ4n) is 6.41. The zero-order chi connectivity index (χ0) is 27.5. The van der Waals surface area contributed by atoms with Crippen molar-refractivity contribution in [3.8, 4) is 0 Å². The van der Waals surface area contributed by atoms with Gasteiger partial charge >= 0.3 is 0 Å². The highest BCUT2D eigenvalue weighted by Gasteiger charge is 2.71. The molecule has 0 bridgehead atoms. The molecule has 0 aliphatic carbocycles. The number of benzene rings is 3. The molecule has 3 heterocycles. The van der Waals surface area contributed by atoms with Crippen molar-refractivity contribution in [1.29, 1.82) is 0 Å². The summed E-state index contributed by atoms with van der Waals surface area (Å²) in [4.78, 5) is 56.7. The van der Waals surface area contributed by atoms with Gasteiger partial charge in [-0.15, -0.1) is 0 Å². The molecule has 198 valence electrons. The summed E-state index contributed by atoms with van der Waals surface area (Å²) < 4.78 is 0. The number of carbonyl (C=O) groups is 4. The molecule has 2 saturated heterocycles. The third-order valence-corrected chi connectivity index (χ3v) is 8.41. The quantitative estimate of drug-likeness (QED) is 0.470. The summed E-state index contributed by atoms with van der Waals surface area (Å²) in [5.74, 6) is -2.83. The highest BCUT2D eigenvalue weighted by atomic mass is 35.5. The number of para-hydroxylation sites is 1. The van der Waals surface area contributed by atoms with Gasteiger partial charge in [-0.25, -0.2) is 4.90 Å². The Morgan fingerprint density at radius 1 is 0.974 bits per heavy atom. The maximum absolute atomic E-state index is 14.4. The minimum absolute atomic E-state index is 0.218. The highest BCUT2D eigenvalue weighted by Crippen LogP contribution is 2.55. The van der Waals surface area contributed by atoms with E-state index in [0.717, 1.165) is 5.56 Å². The molecule has 3 aromatic rings. The molecule has 3 aromatic carbocycles. The number of amides is 4. The molecule has 0 aromatic heterocycles. The minimum atomic E-state index is -1.37.